The first-order valence-corrected chi connectivity index (χ1v) is 9.18. The molecule has 2 nitrogen and oxygen atoms in total. The molecule has 3 saturated carbocycles. The second-order valence-electron chi connectivity index (χ2n) is 9.66. The fraction of sp³-hybridized carbons (Fsp3) is 0.850. The van der Waals surface area contributed by atoms with E-state index in [9.17, 15) is 9.90 Å². The van der Waals surface area contributed by atoms with Crippen molar-refractivity contribution in [1.82, 2.24) is 0 Å². The number of hydrogen-bond acceptors (Lipinski definition) is 1. The Morgan fingerprint density at radius 3 is 2.45 bits per heavy atom. The minimum Gasteiger partial charge on any atom is -0.481 e. The van der Waals surface area contributed by atoms with Crippen molar-refractivity contribution in [3.63, 3.8) is 0 Å². The zero-order valence-corrected chi connectivity index (χ0v) is 14.3. The fourth-order valence-corrected chi connectivity index (χ4v) is 7.39. The maximum atomic E-state index is 12.0. The van der Waals surface area contributed by atoms with Crippen LogP contribution in [0.1, 0.15) is 72.1 Å². The van der Waals surface area contributed by atoms with E-state index in [0.29, 0.717) is 22.7 Å². The first kappa shape index (κ1) is 14.8. The van der Waals surface area contributed by atoms with Gasteiger partial charge in [-0.2, -0.15) is 0 Å². The van der Waals surface area contributed by atoms with E-state index >= 15 is 0 Å². The van der Waals surface area contributed by atoms with Gasteiger partial charge >= 0.3 is 5.97 Å². The summed E-state index contributed by atoms with van der Waals surface area (Å²) in [5.41, 5.74) is 0.525. The summed E-state index contributed by atoms with van der Waals surface area (Å²) in [6.07, 6.45) is 14.5. The van der Waals surface area contributed by atoms with Gasteiger partial charge in [0.05, 0.1) is 5.41 Å². The van der Waals surface area contributed by atoms with Gasteiger partial charge in [0.1, 0.15) is 0 Å². The summed E-state index contributed by atoms with van der Waals surface area (Å²) >= 11 is 0. The van der Waals surface area contributed by atoms with Crippen LogP contribution in [0.5, 0.6) is 0 Å². The zero-order valence-electron chi connectivity index (χ0n) is 14.3. The van der Waals surface area contributed by atoms with E-state index in [1.165, 1.54) is 32.1 Å². The second-order valence-corrected chi connectivity index (χ2v) is 9.66. The maximum absolute atomic E-state index is 12.0. The number of hydrogen-bond donors (Lipinski definition) is 1. The predicted octanol–water partition coefficient (Wildman–Crippen LogP) is 5.04. The van der Waals surface area contributed by atoms with Crippen molar-refractivity contribution in [2.24, 2.45) is 33.5 Å². The van der Waals surface area contributed by atoms with Crippen molar-refractivity contribution in [3.05, 3.63) is 12.2 Å². The molecular weight excluding hydrogens is 272 g/mol. The Morgan fingerprint density at radius 1 is 1.00 bits per heavy atom. The lowest BCUT2D eigenvalue weighted by molar-refractivity contribution is -0.179. The van der Waals surface area contributed by atoms with Gasteiger partial charge < -0.3 is 5.11 Å². The standard InChI is InChI=1S/C20H30O2/c1-17-9-5-15-18(2)7-4-8-19(3,16(21)22)14(18)6-10-20(15,13-17)12-11-17/h11-12,14-15H,4-10,13H2,1-3H3,(H,21,22)/t14-,15-,17-,18+,19+,20+/m0/s1. The van der Waals surface area contributed by atoms with Crippen molar-refractivity contribution >= 4 is 5.97 Å². The van der Waals surface area contributed by atoms with Gasteiger partial charge in [-0.3, -0.25) is 4.79 Å². The molecule has 122 valence electrons. The van der Waals surface area contributed by atoms with Gasteiger partial charge in [0, 0.05) is 0 Å². The Bertz CT molecular complexity index is 552. The van der Waals surface area contributed by atoms with Crippen molar-refractivity contribution in [3.8, 4) is 0 Å². The third-order valence-corrected chi connectivity index (χ3v) is 8.41. The molecule has 4 rings (SSSR count). The number of rotatable bonds is 1. The molecule has 0 saturated heterocycles. The van der Waals surface area contributed by atoms with Crippen molar-refractivity contribution in [1.29, 1.82) is 0 Å². The highest BCUT2D eigenvalue weighted by Crippen LogP contribution is 2.71. The first-order chi connectivity index (χ1) is 10.2. The largest absolute Gasteiger partial charge is 0.481 e. The summed E-state index contributed by atoms with van der Waals surface area (Å²) in [7, 11) is 0. The van der Waals surface area contributed by atoms with Crippen LogP contribution in [-0.4, -0.2) is 11.1 Å². The van der Waals surface area contributed by atoms with Crippen molar-refractivity contribution in [2.45, 2.75) is 72.1 Å². The van der Waals surface area contributed by atoms with Crippen LogP contribution in [0.25, 0.3) is 0 Å². The molecule has 6 atom stereocenters. The van der Waals surface area contributed by atoms with Crippen LogP contribution in [0.15, 0.2) is 12.2 Å². The van der Waals surface area contributed by atoms with Gasteiger partial charge in [0.15, 0.2) is 0 Å². The zero-order chi connectivity index (χ0) is 15.8. The maximum Gasteiger partial charge on any atom is 0.309 e. The fourth-order valence-electron chi connectivity index (χ4n) is 7.39. The summed E-state index contributed by atoms with van der Waals surface area (Å²) in [5, 5.41) is 9.90. The number of carbonyl (C=O) groups is 1. The summed E-state index contributed by atoms with van der Waals surface area (Å²) in [5.74, 6) is 0.506. The molecule has 1 spiro atoms. The Balaban J connectivity index is 1.75. The minimum atomic E-state index is -0.554. The van der Waals surface area contributed by atoms with Crippen LogP contribution in [0, 0.1) is 33.5 Å². The second kappa shape index (κ2) is 4.19. The number of allylic oxidation sites excluding steroid dienone is 2. The lowest BCUT2D eigenvalue weighted by atomic mass is 9.40. The normalized spacial score (nSPS) is 56.3. The molecule has 4 aliphatic carbocycles. The molecule has 0 unspecified atom stereocenters. The van der Waals surface area contributed by atoms with Crippen LogP contribution in [0.2, 0.25) is 0 Å². The van der Waals surface area contributed by atoms with E-state index in [-0.39, 0.29) is 5.41 Å². The summed E-state index contributed by atoms with van der Waals surface area (Å²) < 4.78 is 0. The lowest BCUT2D eigenvalue weighted by Gasteiger charge is -2.63. The highest BCUT2D eigenvalue weighted by atomic mass is 16.4. The quantitative estimate of drug-likeness (QED) is 0.689. The van der Waals surface area contributed by atoms with E-state index in [1.54, 1.807) is 0 Å². The Hall–Kier alpha value is -0.790. The topological polar surface area (TPSA) is 37.3 Å². The van der Waals surface area contributed by atoms with Gasteiger partial charge in [0.25, 0.3) is 0 Å². The lowest BCUT2D eigenvalue weighted by Crippen LogP contribution is -2.58. The van der Waals surface area contributed by atoms with Crippen LogP contribution >= 0.6 is 0 Å². The molecule has 2 bridgehead atoms. The van der Waals surface area contributed by atoms with Crippen molar-refractivity contribution < 1.29 is 9.90 Å². The van der Waals surface area contributed by atoms with E-state index in [0.717, 1.165) is 19.3 Å². The summed E-state index contributed by atoms with van der Waals surface area (Å²) in [4.78, 5) is 12.0. The van der Waals surface area contributed by atoms with Crippen LogP contribution < -0.4 is 0 Å². The Morgan fingerprint density at radius 2 is 1.73 bits per heavy atom. The van der Waals surface area contributed by atoms with E-state index in [4.69, 9.17) is 0 Å². The minimum absolute atomic E-state index is 0.222. The SMILES string of the molecule is C[C@@]12C=C[C@]3(CC[C@H]4[C@@](C)(CCC[C@@]4(C)C(=O)O)[C@@H]3CC1)C2. The molecule has 3 fully saturated rings. The van der Waals surface area contributed by atoms with E-state index in [1.807, 2.05) is 6.92 Å². The van der Waals surface area contributed by atoms with Crippen LogP contribution in [0.4, 0.5) is 0 Å². The molecule has 0 radical (unpaired) electrons. The molecule has 1 N–H and O–H groups in total. The highest BCUT2D eigenvalue weighted by molar-refractivity contribution is 5.75. The van der Waals surface area contributed by atoms with E-state index < -0.39 is 11.4 Å². The van der Waals surface area contributed by atoms with Gasteiger partial charge in [-0.05, 0) is 80.0 Å². The molecule has 0 heterocycles. The Labute approximate surface area is 134 Å². The Kier molecular flexibility index (Phi) is 2.81. The average molecular weight is 302 g/mol. The van der Waals surface area contributed by atoms with Gasteiger partial charge in [-0.1, -0.05) is 32.4 Å². The summed E-state index contributed by atoms with van der Waals surface area (Å²) in [6, 6.07) is 0. The van der Waals surface area contributed by atoms with Crippen LogP contribution in [-0.2, 0) is 4.79 Å². The van der Waals surface area contributed by atoms with Gasteiger partial charge in [-0.15, -0.1) is 0 Å². The molecule has 22 heavy (non-hydrogen) atoms. The van der Waals surface area contributed by atoms with Crippen molar-refractivity contribution in [2.75, 3.05) is 0 Å². The highest BCUT2D eigenvalue weighted by Gasteiger charge is 2.64. The molecular formula is C20H30O2. The number of carboxylic acid groups (broad SMARTS) is 1. The molecule has 4 aliphatic rings. The predicted molar refractivity (Wildman–Crippen MR) is 87.4 cm³/mol. The average Bonchev–Trinajstić information content (AvgIpc) is 2.68. The van der Waals surface area contributed by atoms with Gasteiger partial charge in [0.2, 0.25) is 0 Å². The molecule has 0 aromatic carbocycles. The third kappa shape index (κ3) is 1.65. The third-order valence-electron chi connectivity index (χ3n) is 8.41. The smallest absolute Gasteiger partial charge is 0.309 e. The molecule has 2 heteroatoms. The number of fused-ring (bicyclic) bond motifs is 3. The van der Waals surface area contributed by atoms with E-state index in [2.05, 4.69) is 26.0 Å². The molecule has 0 aromatic rings. The summed E-state index contributed by atoms with van der Waals surface area (Å²) in [6.45, 7) is 6.90. The number of carboxylic acids is 1. The molecule has 0 aromatic heterocycles. The monoisotopic (exact) mass is 302 g/mol. The van der Waals surface area contributed by atoms with Crippen LogP contribution in [0.3, 0.4) is 0 Å². The number of aliphatic carboxylic acids is 1. The molecule has 0 aliphatic heterocycles. The van der Waals surface area contributed by atoms with Gasteiger partial charge in [-0.25, -0.2) is 0 Å². The molecule has 0 amide bonds. The first-order valence-electron chi connectivity index (χ1n) is 9.18.